The number of carboxylic acid groups (broad SMARTS) is 1. The number of benzene rings is 1. The van der Waals surface area contributed by atoms with Gasteiger partial charge in [-0.05, 0) is 31.0 Å². The molecule has 0 amide bonds. The first-order valence-corrected chi connectivity index (χ1v) is 6.86. The number of morpholine rings is 1. The van der Waals surface area contributed by atoms with Crippen LogP contribution in [0.5, 0.6) is 0 Å². The number of rotatable bonds is 5. The summed E-state index contributed by atoms with van der Waals surface area (Å²) in [7, 11) is 0. The van der Waals surface area contributed by atoms with Gasteiger partial charge in [-0.25, -0.2) is 4.39 Å². The molecular formula is C15H20FNO3. The third kappa shape index (κ3) is 4.28. The first-order chi connectivity index (χ1) is 9.54. The summed E-state index contributed by atoms with van der Waals surface area (Å²) in [6, 6.07) is 6.80. The second kappa shape index (κ2) is 6.81. The lowest BCUT2D eigenvalue weighted by molar-refractivity contribution is -0.142. The molecule has 0 bridgehead atoms. The summed E-state index contributed by atoms with van der Waals surface area (Å²) in [6.45, 7) is 4.10. The highest BCUT2D eigenvalue weighted by atomic mass is 19.1. The van der Waals surface area contributed by atoms with Crippen molar-refractivity contribution < 1.29 is 19.0 Å². The topological polar surface area (TPSA) is 49.8 Å². The molecule has 0 saturated carbocycles. The second-order valence-corrected chi connectivity index (χ2v) is 5.27. The Hall–Kier alpha value is -1.46. The van der Waals surface area contributed by atoms with Gasteiger partial charge in [0.25, 0.3) is 0 Å². The number of nitrogens with zero attached hydrogens (tertiary/aromatic N) is 1. The number of aliphatic carboxylic acids is 1. The van der Waals surface area contributed by atoms with Gasteiger partial charge in [-0.1, -0.05) is 12.1 Å². The van der Waals surface area contributed by atoms with Crippen LogP contribution >= 0.6 is 0 Å². The maximum atomic E-state index is 12.9. The molecule has 1 heterocycles. The molecule has 0 radical (unpaired) electrons. The maximum absolute atomic E-state index is 12.9. The van der Waals surface area contributed by atoms with Gasteiger partial charge in [0.1, 0.15) is 5.82 Å². The van der Waals surface area contributed by atoms with Crippen molar-refractivity contribution in [2.45, 2.75) is 31.9 Å². The maximum Gasteiger partial charge on any atom is 0.306 e. The predicted octanol–water partition coefficient (Wildman–Crippen LogP) is 1.93. The zero-order chi connectivity index (χ0) is 14.5. The number of carbonyl (C=O) groups is 1. The summed E-state index contributed by atoms with van der Waals surface area (Å²) >= 11 is 0. The van der Waals surface area contributed by atoms with Crippen LogP contribution in [0.1, 0.15) is 18.9 Å². The molecule has 1 aromatic carbocycles. The normalized spacial score (nSPS) is 21.6. The van der Waals surface area contributed by atoms with Gasteiger partial charge >= 0.3 is 5.97 Å². The largest absolute Gasteiger partial charge is 0.481 e. The Morgan fingerprint density at radius 3 is 2.85 bits per heavy atom. The van der Waals surface area contributed by atoms with Gasteiger partial charge in [-0.2, -0.15) is 0 Å². The smallest absolute Gasteiger partial charge is 0.306 e. The van der Waals surface area contributed by atoms with E-state index in [1.54, 1.807) is 12.1 Å². The van der Waals surface area contributed by atoms with Crippen LogP contribution < -0.4 is 0 Å². The van der Waals surface area contributed by atoms with Crippen molar-refractivity contribution in [3.8, 4) is 0 Å². The van der Waals surface area contributed by atoms with Crippen LogP contribution in [0.25, 0.3) is 0 Å². The standard InChI is InChI=1S/C15H20FNO3/c1-11(8-12-2-4-13(16)5-3-12)17-6-7-20-14(10-17)9-15(18)19/h2-5,11,14H,6-10H2,1H3,(H,18,19). The minimum Gasteiger partial charge on any atom is -0.481 e. The van der Waals surface area contributed by atoms with E-state index >= 15 is 0 Å². The van der Waals surface area contributed by atoms with E-state index < -0.39 is 5.97 Å². The molecule has 2 atom stereocenters. The first-order valence-electron chi connectivity index (χ1n) is 6.86. The Bertz CT molecular complexity index is 449. The molecule has 1 saturated heterocycles. The highest BCUT2D eigenvalue weighted by Gasteiger charge is 2.25. The number of hydrogen-bond acceptors (Lipinski definition) is 3. The third-order valence-electron chi connectivity index (χ3n) is 3.64. The van der Waals surface area contributed by atoms with Gasteiger partial charge in [0, 0.05) is 19.1 Å². The van der Waals surface area contributed by atoms with Crippen LogP contribution in [0, 0.1) is 5.82 Å². The quantitative estimate of drug-likeness (QED) is 0.896. The number of halogens is 1. The Kier molecular flexibility index (Phi) is 5.09. The molecule has 110 valence electrons. The number of hydrogen-bond donors (Lipinski definition) is 1. The molecule has 1 N–H and O–H groups in total. The van der Waals surface area contributed by atoms with Gasteiger partial charge in [0.15, 0.2) is 0 Å². The Morgan fingerprint density at radius 1 is 1.50 bits per heavy atom. The van der Waals surface area contributed by atoms with Crippen molar-refractivity contribution in [1.82, 2.24) is 4.90 Å². The molecule has 0 aliphatic carbocycles. The number of carboxylic acids is 1. The van der Waals surface area contributed by atoms with E-state index in [0.29, 0.717) is 13.2 Å². The van der Waals surface area contributed by atoms with Crippen molar-refractivity contribution in [3.63, 3.8) is 0 Å². The summed E-state index contributed by atoms with van der Waals surface area (Å²) in [4.78, 5) is 13.0. The van der Waals surface area contributed by atoms with E-state index in [2.05, 4.69) is 11.8 Å². The van der Waals surface area contributed by atoms with Crippen molar-refractivity contribution >= 4 is 5.97 Å². The van der Waals surface area contributed by atoms with Crippen molar-refractivity contribution in [3.05, 3.63) is 35.6 Å². The van der Waals surface area contributed by atoms with E-state index in [1.807, 2.05) is 0 Å². The zero-order valence-corrected chi connectivity index (χ0v) is 11.6. The molecule has 0 spiro atoms. The lowest BCUT2D eigenvalue weighted by Gasteiger charge is -2.36. The van der Waals surface area contributed by atoms with Crippen LogP contribution in [-0.4, -0.2) is 47.8 Å². The Balaban J connectivity index is 1.89. The SMILES string of the molecule is CC(Cc1ccc(F)cc1)N1CCOC(CC(=O)O)C1. The summed E-state index contributed by atoms with van der Waals surface area (Å²) in [5.41, 5.74) is 1.08. The molecule has 4 nitrogen and oxygen atoms in total. The average molecular weight is 281 g/mol. The van der Waals surface area contributed by atoms with E-state index in [1.165, 1.54) is 12.1 Å². The minimum atomic E-state index is -0.831. The summed E-state index contributed by atoms with van der Waals surface area (Å²) < 4.78 is 18.3. The fourth-order valence-electron chi connectivity index (χ4n) is 2.55. The highest BCUT2D eigenvalue weighted by Crippen LogP contribution is 2.15. The Labute approximate surface area is 118 Å². The number of ether oxygens (including phenoxy) is 1. The molecule has 2 unspecified atom stereocenters. The van der Waals surface area contributed by atoms with Crippen molar-refractivity contribution in [1.29, 1.82) is 0 Å². The first kappa shape index (κ1) is 14.9. The van der Waals surface area contributed by atoms with Crippen LogP contribution in [0.15, 0.2) is 24.3 Å². The Morgan fingerprint density at radius 2 is 2.20 bits per heavy atom. The molecule has 20 heavy (non-hydrogen) atoms. The third-order valence-corrected chi connectivity index (χ3v) is 3.64. The van der Waals surface area contributed by atoms with Gasteiger partial charge in [-0.3, -0.25) is 9.69 Å². The van der Waals surface area contributed by atoms with Crippen molar-refractivity contribution in [2.24, 2.45) is 0 Å². The summed E-state index contributed by atoms with van der Waals surface area (Å²) in [5, 5.41) is 8.82. The molecule has 1 aromatic rings. The summed E-state index contributed by atoms with van der Waals surface area (Å²) in [6.07, 6.45) is 0.622. The molecule has 1 aliphatic heterocycles. The van der Waals surface area contributed by atoms with Gasteiger partial charge in [0.2, 0.25) is 0 Å². The molecular weight excluding hydrogens is 261 g/mol. The molecule has 1 fully saturated rings. The average Bonchev–Trinajstić information content (AvgIpc) is 2.41. The van der Waals surface area contributed by atoms with Gasteiger partial charge in [-0.15, -0.1) is 0 Å². The lowest BCUT2D eigenvalue weighted by Crippen LogP contribution is -2.47. The highest BCUT2D eigenvalue weighted by molar-refractivity contribution is 5.67. The predicted molar refractivity (Wildman–Crippen MR) is 73.1 cm³/mol. The fourth-order valence-corrected chi connectivity index (χ4v) is 2.55. The van der Waals surface area contributed by atoms with Crippen LogP contribution in [0.2, 0.25) is 0 Å². The zero-order valence-electron chi connectivity index (χ0n) is 11.6. The van der Waals surface area contributed by atoms with E-state index in [9.17, 15) is 9.18 Å². The molecule has 5 heteroatoms. The molecule has 1 aliphatic rings. The van der Waals surface area contributed by atoms with Gasteiger partial charge < -0.3 is 9.84 Å². The lowest BCUT2D eigenvalue weighted by atomic mass is 10.0. The van der Waals surface area contributed by atoms with Crippen LogP contribution in [-0.2, 0) is 16.0 Å². The monoisotopic (exact) mass is 281 g/mol. The molecule has 0 aromatic heterocycles. The van der Waals surface area contributed by atoms with Crippen LogP contribution in [0.4, 0.5) is 4.39 Å². The van der Waals surface area contributed by atoms with Crippen molar-refractivity contribution in [2.75, 3.05) is 19.7 Å². The molecule has 2 rings (SSSR count). The van der Waals surface area contributed by atoms with E-state index in [4.69, 9.17) is 9.84 Å². The second-order valence-electron chi connectivity index (χ2n) is 5.27. The van der Waals surface area contributed by atoms with E-state index in [-0.39, 0.29) is 24.4 Å². The van der Waals surface area contributed by atoms with E-state index in [0.717, 1.165) is 18.5 Å². The summed E-state index contributed by atoms with van der Waals surface area (Å²) in [5.74, 6) is -1.06. The fraction of sp³-hybridized carbons (Fsp3) is 0.533. The minimum absolute atomic E-state index is 0.0414. The van der Waals surface area contributed by atoms with Gasteiger partial charge in [0.05, 0.1) is 19.1 Å². The van der Waals surface area contributed by atoms with Crippen LogP contribution in [0.3, 0.4) is 0 Å².